The smallest absolute Gasteiger partial charge is 0.242 e. The molecule has 0 unspecified atom stereocenters. The number of aliphatic imine (C=N–C) groups is 1. The van der Waals surface area contributed by atoms with Gasteiger partial charge < -0.3 is 38.6 Å². The SMILES string of the molecule is NCCCCc1ccc(CCNC(=O)[C@H](CCCN=C(N)N)NC(=O)[C@@H](N)Cc2cnc[nH]2)s1. The molecule has 0 spiro atoms. The zero-order chi connectivity index (χ0) is 24.8. The lowest BCUT2D eigenvalue weighted by molar-refractivity contribution is -0.129. The minimum absolute atomic E-state index is 0.00930. The number of nitrogens with two attached hydrogens (primary N) is 4. The Hall–Kier alpha value is -2.96. The number of carbonyl (C=O) groups excluding carboxylic acids is 2. The first-order chi connectivity index (χ1) is 16.4. The molecule has 2 aromatic rings. The summed E-state index contributed by atoms with van der Waals surface area (Å²) in [5.74, 6) is -0.673. The summed E-state index contributed by atoms with van der Waals surface area (Å²) < 4.78 is 0. The molecule has 2 amide bonds. The molecule has 0 aliphatic carbocycles. The molecule has 2 aromatic heterocycles. The van der Waals surface area contributed by atoms with E-state index in [1.54, 1.807) is 17.5 Å². The van der Waals surface area contributed by atoms with Gasteiger partial charge in [0.25, 0.3) is 0 Å². The van der Waals surface area contributed by atoms with Crippen molar-refractivity contribution < 1.29 is 9.59 Å². The summed E-state index contributed by atoms with van der Waals surface area (Å²) in [7, 11) is 0. The maximum atomic E-state index is 12.8. The Morgan fingerprint density at radius 3 is 2.56 bits per heavy atom. The summed E-state index contributed by atoms with van der Waals surface area (Å²) in [4.78, 5) is 38.8. The third-order valence-electron chi connectivity index (χ3n) is 5.17. The van der Waals surface area contributed by atoms with Crippen LogP contribution in [0.1, 0.15) is 41.1 Å². The topological polar surface area (TPSA) is 203 Å². The highest BCUT2D eigenvalue weighted by Crippen LogP contribution is 2.18. The van der Waals surface area contributed by atoms with E-state index in [1.807, 2.05) is 0 Å². The average molecular weight is 492 g/mol. The highest BCUT2D eigenvalue weighted by atomic mass is 32.1. The third-order valence-corrected chi connectivity index (χ3v) is 6.38. The molecule has 0 aromatic carbocycles. The number of thiophene rings is 1. The van der Waals surface area contributed by atoms with E-state index < -0.39 is 18.0 Å². The van der Waals surface area contributed by atoms with Crippen molar-refractivity contribution in [3.05, 3.63) is 40.1 Å². The number of aromatic nitrogens is 2. The number of H-pyrrole nitrogens is 1. The van der Waals surface area contributed by atoms with Crippen LogP contribution in [0.15, 0.2) is 29.6 Å². The molecule has 0 saturated heterocycles. The quantitative estimate of drug-likeness (QED) is 0.0932. The molecule has 34 heavy (non-hydrogen) atoms. The summed E-state index contributed by atoms with van der Waals surface area (Å²) in [6, 6.07) is 2.69. The molecule has 2 rings (SSSR count). The predicted molar refractivity (Wildman–Crippen MR) is 135 cm³/mol. The summed E-state index contributed by atoms with van der Waals surface area (Å²) >= 11 is 1.75. The van der Waals surface area contributed by atoms with Gasteiger partial charge in [-0.25, -0.2) is 4.98 Å². The number of carbonyl (C=O) groups is 2. The highest BCUT2D eigenvalue weighted by molar-refractivity contribution is 7.11. The van der Waals surface area contributed by atoms with E-state index in [9.17, 15) is 9.59 Å². The lowest BCUT2D eigenvalue weighted by Crippen LogP contribution is -2.52. The molecule has 0 aliphatic rings. The van der Waals surface area contributed by atoms with Crippen molar-refractivity contribution in [2.75, 3.05) is 19.6 Å². The molecular weight excluding hydrogens is 454 g/mol. The molecule has 0 radical (unpaired) electrons. The van der Waals surface area contributed by atoms with Gasteiger partial charge in [-0.2, -0.15) is 0 Å². The molecule has 12 heteroatoms. The van der Waals surface area contributed by atoms with E-state index in [-0.39, 0.29) is 11.9 Å². The summed E-state index contributed by atoms with van der Waals surface area (Å²) in [6.45, 7) is 1.55. The van der Waals surface area contributed by atoms with Crippen molar-refractivity contribution in [2.24, 2.45) is 27.9 Å². The van der Waals surface area contributed by atoms with Gasteiger partial charge in [0.05, 0.1) is 12.4 Å². The fourth-order valence-electron chi connectivity index (χ4n) is 3.34. The molecule has 2 heterocycles. The van der Waals surface area contributed by atoms with E-state index in [2.05, 4.69) is 37.7 Å². The van der Waals surface area contributed by atoms with Gasteiger partial charge in [0.15, 0.2) is 5.96 Å². The Kier molecular flexibility index (Phi) is 12.1. The molecule has 11 nitrogen and oxygen atoms in total. The highest BCUT2D eigenvalue weighted by Gasteiger charge is 2.23. The van der Waals surface area contributed by atoms with Crippen molar-refractivity contribution in [1.82, 2.24) is 20.6 Å². The largest absolute Gasteiger partial charge is 0.370 e. The Labute approximate surface area is 204 Å². The van der Waals surface area contributed by atoms with Crippen LogP contribution in [-0.4, -0.2) is 59.5 Å². The number of imidazole rings is 1. The van der Waals surface area contributed by atoms with Crippen LogP contribution in [0.2, 0.25) is 0 Å². The second-order valence-corrected chi connectivity index (χ2v) is 9.31. The van der Waals surface area contributed by atoms with Gasteiger partial charge in [-0.15, -0.1) is 11.3 Å². The Morgan fingerprint density at radius 1 is 1.12 bits per heavy atom. The molecule has 0 saturated carbocycles. The van der Waals surface area contributed by atoms with Crippen molar-refractivity contribution >= 4 is 29.1 Å². The number of hydrogen-bond acceptors (Lipinski definition) is 7. The normalized spacial score (nSPS) is 12.6. The van der Waals surface area contributed by atoms with Crippen LogP contribution in [0.3, 0.4) is 0 Å². The van der Waals surface area contributed by atoms with Gasteiger partial charge in [-0.3, -0.25) is 14.6 Å². The van der Waals surface area contributed by atoms with E-state index in [0.29, 0.717) is 38.9 Å². The first-order valence-electron chi connectivity index (χ1n) is 11.5. The van der Waals surface area contributed by atoms with Crippen molar-refractivity contribution in [1.29, 1.82) is 0 Å². The van der Waals surface area contributed by atoms with Crippen molar-refractivity contribution in [2.45, 2.75) is 57.0 Å². The predicted octanol–water partition coefficient (Wildman–Crippen LogP) is -0.480. The number of rotatable bonds is 16. The first kappa shape index (κ1) is 27.3. The number of amides is 2. The summed E-state index contributed by atoms with van der Waals surface area (Å²) in [5.41, 5.74) is 23.0. The number of unbranched alkanes of at least 4 members (excludes halogenated alkanes) is 1. The van der Waals surface area contributed by atoms with Gasteiger partial charge >= 0.3 is 0 Å². The zero-order valence-electron chi connectivity index (χ0n) is 19.5. The number of nitrogens with one attached hydrogen (secondary N) is 3. The minimum atomic E-state index is -0.808. The monoisotopic (exact) mass is 491 g/mol. The van der Waals surface area contributed by atoms with Crippen LogP contribution in [-0.2, 0) is 28.9 Å². The number of guanidine groups is 1. The first-order valence-corrected chi connectivity index (χ1v) is 12.3. The number of aryl methyl sites for hydroxylation is 1. The van der Waals surface area contributed by atoms with Gasteiger partial charge in [0, 0.05) is 41.2 Å². The van der Waals surface area contributed by atoms with Gasteiger partial charge in [-0.1, -0.05) is 0 Å². The van der Waals surface area contributed by atoms with Gasteiger partial charge in [-0.05, 0) is 57.2 Å². The molecule has 188 valence electrons. The van der Waals surface area contributed by atoms with Crippen molar-refractivity contribution in [3.8, 4) is 0 Å². The fraction of sp³-hybridized carbons (Fsp3) is 0.545. The van der Waals surface area contributed by atoms with Crippen LogP contribution in [0.4, 0.5) is 0 Å². The third kappa shape index (κ3) is 10.3. The molecule has 2 atom stereocenters. The molecular formula is C22H37N9O2S. The van der Waals surface area contributed by atoms with Gasteiger partial charge in [0.1, 0.15) is 6.04 Å². The van der Waals surface area contributed by atoms with E-state index in [1.165, 1.54) is 16.1 Å². The second-order valence-electron chi connectivity index (χ2n) is 8.05. The van der Waals surface area contributed by atoms with Gasteiger partial charge in [0.2, 0.25) is 11.8 Å². The number of aromatic amines is 1. The number of hydrogen-bond donors (Lipinski definition) is 7. The zero-order valence-corrected chi connectivity index (χ0v) is 20.3. The maximum absolute atomic E-state index is 12.8. The maximum Gasteiger partial charge on any atom is 0.242 e. The van der Waals surface area contributed by atoms with E-state index >= 15 is 0 Å². The van der Waals surface area contributed by atoms with Crippen LogP contribution in [0.5, 0.6) is 0 Å². The number of nitrogens with zero attached hydrogens (tertiary/aromatic N) is 2. The molecule has 0 bridgehead atoms. The second kappa shape index (κ2) is 15.0. The molecule has 0 aliphatic heterocycles. The van der Waals surface area contributed by atoms with Crippen LogP contribution >= 0.6 is 11.3 Å². The van der Waals surface area contributed by atoms with Crippen LogP contribution in [0, 0.1) is 0 Å². The minimum Gasteiger partial charge on any atom is -0.370 e. The molecule has 0 fully saturated rings. The fourth-order valence-corrected chi connectivity index (χ4v) is 4.40. The van der Waals surface area contributed by atoms with Crippen molar-refractivity contribution in [3.63, 3.8) is 0 Å². The average Bonchev–Trinajstić information content (AvgIpc) is 3.47. The Balaban J connectivity index is 1.86. The Bertz CT molecular complexity index is 894. The summed E-state index contributed by atoms with van der Waals surface area (Å²) in [6.07, 6.45) is 8.19. The van der Waals surface area contributed by atoms with E-state index in [0.717, 1.165) is 31.4 Å². The standard InChI is InChI=1S/C22H37N9O2S/c23-9-2-1-4-16-6-7-17(34-16)8-11-28-21(33)19(5-3-10-29-22(25)26)31-20(32)18(24)12-15-13-27-14-30-15/h6-7,13-14,18-19H,1-5,8-12,23-24H2,(H,27,30)(H,28,33)(H,31,32)(H4,25,26,29)/t18-,19-/m0/s1. The summed E-state index contributed by atoms with van der Waals surface area (Å²) in [5, 5.41) is 5.70. The lowest BCUT2D eigenvalue weighted by Gasteiger charge is -2.20. The Morgan fingerprint density at radius 2 is 1.88 bits per heavy atom. The van der Waals surface area contributed by atoms with Crippen LogP contribution in [0.25, 0.3) is 0 Å². The molecule has 11 N–H and O–H groups in total. The van der Waals surface area contributed by atoms with Crippen LogP contribution < -0.4 is 33.6 Å². The van der Waals surface area contributed by atoms with E-state index in [4.69, 9.17) is 22.9 Å². The lowest BCUT2D eigenvalue weighted by atomic mass is 10.1.